The van der Waals surface area contributed by atoms with Gasteiger partial charge in [0.25, 0.3) is 9.48 Å². The Morgan fingerprint density at radius 2 is 1.03 bits per heavy atom. The Kier molecular flexibility index (Phi) is 5.99. The maximum absolute atomic E-state index is 12.9. The molecule has 0 amide bonds. The summed E-state index contributed by atoms with van der Waals surface area (Å²) in [6, 6.07) is 12.4. The van der Waals surface area contributed by atoms with E-state index in [1.807, 2.05) is 0 Å². The number of rotatable bonds is 4. The second-order valence-corrected chi connectivity index (χ2v) is 14.7. The Morgan fingerprint density at radius 3 is 1.42 bits per heavy atom. The average molecular weight is 622 g/mol. The Bertz CT molecular complexity index is 1580. The smallest absolute Gasteiger partial charge is 0.251 e. The summed E-state index contributed by atoms with van der Waals surface area (Å²) in [5.41, 5.74) is 0. The van der Waals surface area contributed by atoms with E-state index in [1.54, 1.807) is 36.4 Å². The van der Waals surface area contributed by atoms with Gasteiger partial charge < -0.3 is 0 Å². The van der Waals surface area contributed by atoms with E-state index in [2.05, 4.69) is 31.9 Å². The molecule has 0 aliphatic heterocycles. The van der Waals surface area contributed by atoms with E-state index in [-0.39, 0.29) is 0 Å². The van der Waals surface area contributed by atoms with Crippen LogP contribution in [0.4, 0.5) is 0 Å². The molecule has 0 N–H and O–H groups in total. The van der Waals surface area contributed by atoms with Crippen LogP contribution in [0.5, 0.6) is 0 Å². The van der Waals surface area contributed by atoms with Gasteiger partial charge in [-0.1, -0.05) is 54.5 Å². The first-order valence-electron chi connectivity index (χ1n) is 8.39. The summed E-state index contributed by atoms with van der Waals surface area (Å²) < 4.78 is 52.6. The van der Waals surface area contributed by atoms with Crippen LogP contribution >= 0.6 is 54.5 Å². The second-order valence-electron chi connectivity index (χ2n) is 6.51. The van der Waals surface area contributed by atoms with Crippen molar-refractivity contribution in [3.05, 3.63) is 76.6 Å². The van der Waals surface area contributed by atoms with Crippen LogP contribution in [0.25, 0.3) is 20.2 Å². The van der Waals surface area contributed by atoms with Gasteiger partial charge in [0.2, 0.25) is 0 Å². The number of halogens is 2. The molecule has 31 heavy (non-hydrogen) atoms. The third-order valence-electron chi connectivity index (χ3n) is 4.30. The predicted octanol–water partition coefficient (Wildman–Crippen LogP) is 4.57. The molecule has 4 rings (SSSR count). The minimum absolute atomic E-state index is 0.484. The third-order valence-corrected chi connectivity index (χ3v) is 12.0. The number of hydrogen-bond donors (Lipinski definition) is 0. The van der Waals surface area contributed by atoms with E-state index < -0.39 is 44.0 Å². The predicted molar refractivity (Wildman–Crippen MR) is 131 cm³/mol. The SMILES string of the molecule is O=c1sc2ccc(Br)cc2cc1S(=O)(=O)CS(=O)(=O)c1cc2cc(Br)ccc2sc1=O. The molecule has 0 aliphatic rings. The van der Waals surface area contributed by atoms with Crippen LogP contribution in [0.15, 0.2) is 76.9 Å². The van der Waals surface area contributed by atoms with Crippen molar-refractivity contribution in [2.75, 3.05) is 5.08 Å². The van der Waals surface area contributed by atoms with Crippen molar-refractivity contribution in [1.29, 1.82) is 0 Å². The highest BCUT2D eigenvalue weighted by atomic mass is 79.9. The van der Waals surface area contributed by atoms with Crippen molar-refractivity contribution in [2.45, 2.75) is 9.79 Å². The molecule has 0 aliphatic carbocycles. The van der Waals surface area contributed by atoms with Crippen LogP contribution in [0.1, 0.15) is 0 Å². The summed E-state index contributed by atoms with van der Waals surface area (Å²) in [6.07, 6.45) is 0. The van der Waals surface area contributed by atoms with Crippen LogP contribution in [-0.4, -0.2) is 21.9 Å². The molecule has 0 saturated carbocycles. The molecule has 2 aromatic carbocycles. The fourth-order valence-corrected chi connectivity index (χ4v) is 9.92. The molecule has 0 saturated heterocycles. The Morgan fingerprint density at radius 1 is 0.645 bits per heavy atom. The second kappa shape index (κ2) is 8.16. The number of sulfone groups is 2. The summed E-state index contributed by atoms with van der Waals surface area (Å²) in [7, 11) is -9.06. The van der Waals surface area contributed by atoms with E-state index in [4.69, 9.17) is 0 Å². The van der Waals surface area contributed by atoms with Gasteiger partial charge in [-0.05, 0) is 59.3 Å². The number of benzene rings is 2. The zero-order chi connectivity index (χ0) is 22.6. The van der Waals surface area contributed by atoms with Gasteiger partial charge >= 0.3 is 0 Å². The fraction of sp³-hybridized carbons (Fsp3) is 0.0526. The van der Waals surface area contributed by atoms with Crippen LogP contribution in [-0.2, 0) is 19.7 Å². The van der Waals surface area contributed by atoms with Crippen LogP contribution in [0, 0.1) is 0 Å². The lowest BCUT2D eigenvalue weighted by Crippen LogP contribution is -2.24. The zero-order valence-electron chi connectivity index (χ0n) is 15.2. The lowest BCUT2D eigenvalue weighted by atomic mass is 10.2. The molecule has 2 heterocycles. The minimum Gasteiger partial charge on any atom is -0.276 e. The first-order chi connectivity index (χ1) is 14.5. The molecule has 12 heteroatoms. The van der Waals surface area contributed by atoms with Crippen LogP contribution in [0.2, 0.25) is 0 Å². The Balaban J connectivity index is 1.83. The first-order valence-corrected chi connectivity index (χ1v) is 14.9. The van der Waals surface area contributed by atoms with Crippen molar-refractivity contribution >= 4 is 94.4 Å². The van der Waals surface area contributed by atoms with Gasteiger partial charge in [-0.25, -0.2) is 16.8 Å². The van der Waals surface area contributed by atoms with Crippen molar-refractivity contribution < 1.29 is 16.8 Å². The van der Waals surface area contributed by atoms with Gasteiger partial charge in [0.15, 0.2) is 24.8 Å². The third kappa shape index (κ3) is 4.55. The van der Waals surface area contributed by atoms with Gasteiger partial charge in [0.1, 0.15) is 9.79 Å². The van der Waals surface area contributed by atoms with Crippen LogP contribution in [0.3, 0.4) is 0 Å². The number of fused-ring (bicyclic) bond motifs is 2. The average Bonchev–Trinajstić information content (AvgIpc) is 2.66. The lowest BCUT2D eigenvalue weighted by molar-refractivity contribution is 0.588. The molecule has 0 atom stereocenters. The molecular weight excluding hydrogens is 612 g/mol. The summed E-state index contributed by atoms with van der Waals surface area (Å²) in [5.74, 6) is 0. The summed E-state index contributed by atoms with van der Waals surface area (Å²) in [4.78, 5) is 23.7. The van der Waals surface area contributed by atoms with Crippen molar-refractivity contribution in [1.82, 2.24) is 0 Å². The van der Waals surface area contributed by atoms with Crippen molar-refractivity contribution in [2.24, 2.45) is 0 Å². The van der Waals surface area contributed by atoms with E-state index in [0.717, 1.165) is 22.7 Å². The molecular formula is C19H10Br2O6S4. The topological polar surface area (TPSA) is 102 Å². The van der Waals surface area contributed by atoms with E-state index in [1.165, 1.54) is 12.1 Å². The molecule has 0 radical (unpaired) electrons. The van der Waals surface area contributed by atoms with Gasteiger partial charge in [0.05, 0.1) is 0 Å². The van der Waals surface area contributed by atoms with E-state index >= 15 is 0 Å². The van der Waals surface area contributed by atoms with Crippen molar-refractivity contribution in [3.63, 3.8) is 0 Å². The fourth-order valence-electron chi connectivity index (χ4n) is 2.92. The molecule has 160 valence electrons. The molecule has 0 fully saturated rings. The molecule has 0 unspecified atom stereocenters. The van der Waals surface area contributed by atoms with E-state index in [0.29, 0.717) is 29.1 Å². The Labute approximate surface area is 201 Å². The quantitative estimate of drug-likeness (QED) is 0.331. The molecule has 6 nitrogen and oxygen atoms in total. The zero-order valence-corrected chi connectivity index (χ0v) is 21.6. The molecule has 0 bridgehead atoms. The maximum Gasteiger partial charge on any atom is 0.251 e. The van der Waals surface area contributed by atoms with Gasteiger partial charge in [-0.3, -0.25) is 9.59 Å². The lowest BCUT2D eigenvalue weighted by Gasteiger charge is -2.07. The number of hydrogen-bond acceptors (Lipinski definition) is 8. The maximum atomic E-state index is 12.9. The monoisotopic (exact) mass is 620 g/mol. The summed E-state index contributed by atoms with van der Waals surface area (Å²) in [5, 5.41) is -0.405. The molecule has 4 aromatic rings. The largest absolute Gasteiger partial charge is 0.276 e. The highest BCUT2D eigenvalue weighted by Gasteiger charge is 2.30. The summed E-state index contributed by atoms with van der Waals surface area (Å²) in [6.45, 7) is 0. The normalized spacial score (nSPS) is 12.5. The molecule has 2 aromatic heterocycles. The highest BCUT2D eigenvalue weighted by Crippen LogP contribution is 2.27. The Hall–Kier alpha value is -1.44. The van der Waals surface area contributed by atoms with Gasteiger partial charge in [0, 0.05) is 18.3 Å². The van der Waals surface area contributed by atoms with Crippen molar-refractivity contribution in [3.8, 4) is 0 Å². The highest BCUT2D eigenvalue weighted by molar-refractivity contribution is 9.10. The minimum atomic E-state index is -4.53. The summed E-state index contributed by atoms with van der Waals surface area (Å²) >= 11 is 8.00. The van der Waals surface area contributed by atoms with Gasteiger partial charge in [-0.2, -0.15) is 0 Å². The first kappa shape index (κ1) is 22.7. The van der Waals surface area contributed by atoms with Crippen LogP contribution < -0.4 is 9.48 Å². The van der Waals surface area contributed by atoms with Gasteiger partial charge in [-0.15, -0.1) is 0 Å². The standard InChI is InChI=1S/C19H10Br2O6S4/c20-12-1-3-14-10(5-12)7-16(18(22)28-14)30(24,25)9-31(26,27)17-8-11-6-13(21)2-4-15(11)29-19(17)23/h1-8H,9H2. The molecule has 0 spiro atoms. The van der Waals surface area contributed by atoms with E-state index in [9.17, 15) is 26.4 Å².